The molecule has 2 aromatic rings. The minimum atomic E-state index is -1.00. The standard InChI is InChI=1S/C18H14O4/c1-10(19)12-4-2-11-3-5-13-8-14(18(21)22)6-7-15(13)17(20)16(11)9-12/h2,4,6-9H,3,5H2,1H3,(H,21,22). The van der Waals surface area contributed by atoms with E-state index in [0.717, 1.165) is 11.1 Å². The van der Waals surface area contributed by atoms with Gasteiger partial charge in [0.1, 0.15) is 0 Å². The quantitative estimate of drug-likeness (QED) is 0.864. The minimum absolute atomic E-state index is 0.0821. The molecule has 4 heteroatoms. The van der Waals surface area contributed by atoms with Gasteiger partial charge in [-0.05, 0) is 55.2 Å². The Kier molecular flexibility index (Phi) is 3.37. The van der Waals surface area contributed by atoms with Crippen LogP contribution in [0.5, 0.6) is 0 Å². The maximum atomic E-state index is 12.7. The Morgan fingerprint density at radius 2 is 1.59 bits per heavy atom. The molecule has 0 bridgehead atoms. The number of benzene rings is 2. The number of carboxylic acid groups (broad SMARTS) is 1. The molecule has 22 heavy (non-hydrogen) atoms. The van der Waals surface area contributed by atoms with Crippen molar-refractivity contribution in [3.63, 3.8) is 0 Å². The van der Waals surface area contributed by atoms with Crippen LogP contribution in [0.1, 0.15) is 54.7 Å². The van der Waals surface area contributed by atoms with E-state index in [2.05, 4.69) is 0 Å². The lowest BCUT2D eigenvalue weighted by Gasteiger charge is -2.07. The molecule has 0 saturated heterocycles. The summed E-state index contributed by atoms with van der Waals surface area (Å²) in [5.74, 6) is -1.24. The van der Waals surface area contributed by atoms with Crippen molar-refractivity contribution in [1.82, 2.24) is 0 Å². The molecule has 110 valence electrons. The number of Topliss-reactive ketones (excluding diaryl/α,β-unsaturated/α-hetero) is 1. The van der Waals surface area contributed by atoms with E-state index >= 15 is 0 Å². The number of carbonyl (C=O) groups is 3. The maximum Gasteiger partial charge on any atom is 0.335 e. The summed E-state index contributed by atoms with van der Waals surface area (Å²) in [6, 6.07) is 9.75. The van der Waals surface area contributed by atoms with E-state index in [0.29, 0.717) is 29.5 Å². The zero-order chi connectivity index (χ0) is 15.9. The normalized spacial score (nSPS) is 13.0. The Balaban J connectivity index is 2.13. The first kappa shape index (κ1) is 14.2. The smallest absolute Gasteiger partial charge is 0.335 e. The average Bonchev–Trinajstić information content (AvgIpc) is 2.64. The predicted octanol–water partition coefficient (Wildman–Crippen LogP) is 2.92. The first-order chi connectivity index (χ1) is 10.5. The summed E-state index contributed by atoms with van der Waals surface area (Å²) in [7, 11) is 0. The molecule has 0 atom stereocenters. The van der Waals surface area contributed by atoms with Crippen LogP contribution in [0.3, 0.4) is 0 Å². The van der Waals surface area contributed by atoms with Crippen LogP contribution in [0.2, 0.25) is 0 Å². The molecule has 0 spiro atoms. The summed E-state index contributed by atoms with van der Waals surface area (Å²) >= 11 is 0. The van der Waals surface area contributed by atoms with Crippen LogP contribution < -0.4 is 0 Å². The van der Waals surface area contributed by atoms with Crippen molar-refractivity contribution >= 4 is 17.5 Å². The second-order valence-corrected chi connectivity index (χ2v) is 5.43. The van der Waals surface area contributed by atoms with E-state index < -0.39 is 5.97 Å². The average molecular weight is 294 g/mol. The lowest BCUT2D eigenvalue weighted by molar-refractivity contribution is 0.0696. The molecule has 0 fully saturated rings. The lowest BCUT2D eigenvalue weighted by Crippen LogP contribution is -2.07. The van der Waals surface area contributed by atoms with Gasteiger partial charge in [0, 0.05) is 16.7 Å². The molecule has 0 radical (unpaired) electrons. The van der Waals surface area contributed by atoms with E-state index in [1.807, 2.05) is 6.07 Å². The monoisotopic (exact) mass is 294 g/mol. The molecule has 4 nitrogen and oxygen atoms in total. The summed E-state index contributed by atoms with van der Waals surface area (Å²) in [6.45, 7) is 1.47. The van der Waals surface area contributed by atoms with Crippen LogP contribution in [0.15, 0.2) is 36.4 Å². The van der Waals surface area contributed by atoms with Gasteiger partial charge >= 0.3 is 5.97 Å². The molecule has 0 heterocycles. The number of hydrogen-bond acceptors (Lipinski definition) is 3. The molecule has 0 saturated carbocycles. The number of carbonyl (C=O) groups excluding carboxylic acids is 2. The lowest BCUT2D eigenvalue weighted by atomic mass is 9.95. The Labute approximate surface area is 127 Å². The molecule has 0 amide bonds. The summed E-state index contributed by atoms with van der Waals surface area (Å²) in [6.07, 6.45) is 1.25. The zero-order valence-electron chi connectivity index (χ0n) is 12.1. The highest BCUT2D eigenvalue weighted by molar-refractivity contribution is 6.12. The first-order valence-corrected chi connectivity index (χ1v) is 7.02. The highest BCUT2D eigenvalue weighted by atomic mass is 16.4. The molecule has 0 unspecified atom stereocenters. The summed E-state index contributed by atoms with van der Waals surface area (Å²) in [4.78, 5) is 35.3. The van der Waals surface area contributed by atoms with Gasteiger partial charge in [0.25, 0.3) is 0 Å². The number of fused-ring (bicyclic) bond motifs is 2. The zero-order valence-corrected chi connectivity index (χ0v) is 12.1. The molecule has 1 aliphatic rings. The molecule has 1 N–H and O–H groups in total. The largest absolute Gasteiger partial charge is 0.478 e. The number of rotatable bonds is 2. The third-order valence-electron chi connectivity index (χ3n) is 4.02. The van der Waals surface area contributed by atoms with E-state index in [1.54, 1.807) is 24.3 Å². The SMILES string of the molecule is CC(=O)c1ccc2c(c1)C(=O)c1ccc(C(=O)O)cc1CC2. The van der Waals surface area contributed by atoms with Gasteiger partial charge in [-0.2, -0.15) is 0 Å². The second kappa shape index (κ2) is 5.22. The van der Waals surface area contributed by atoms with Gasteiger partial charge in [0.15, 0.2) is 11.6 Å². The van der Waals surface area contributed by atoms with Gasteiger partial charge in [-0.25, -0.2) is 4.79 Å². The molecule has 1 aliphatic carbocycles. The van der Waals surface area contributed by atoms with Crippen LogP contribution >= 0.6 is 0 Å². The van der Waals surface area contributed by atoms with Crippen LogP contribution in [0.25, 0.3) is 0 Å². The maximum absolute atomic E-state index is 12.7. The summed E-state index contributed by atoms with van der Waals surface area (Å²) in [5.41, 5.74) is 3.38. The number of carboxylic acids is 1. The topological polar surface area (TPSA) is 71.4 Å². The molecule has 0 aliphatic heterocycles. The fourth-order valence-electron chi connectivity index (χ4n) is 2.79. The van der Waals surface area contributed by atoms with E-state index in [9.17, 15) is 14.4 Å². The fourth-order valence-corrected chi connectivity index (χ4v) is 2.79. The highest BCUT2D eigenvalue weighted by Crippen LogP contribution is 2.26. The molecule has 2 aromatic carbocycles. The third kappa shape index (κ3) is 2.33. The first-order valence-electron chi connectivity index (χ1n) is 7.02. The van der Waals surface area contributed by atoms with Crippen LogP contribution in [0, 0.1) is 0 Å². The Morgan fingerprint density at radius 3 is 2.27 bits per heavy atom. The van der Waals surface area contributed by atoms with Crippen molar-refractivity contribution in [1.29, 1.82) is 0 Å². The second-order valence-electron chi connectivity index (χ2n) is 5.43. The summed E-state index contributed by atoms with van der Waals surface area (Å²) < 4.78 is 0. The van der Waals surface area contributed by atoms with Gasteiger partial charge in [-0.15, -0.1) is 0 Å². The minimum Gasteiger partial charge on any atom is -0.478 e. The van der Waals surface area contributed by atoms with Crippen molar-refractivity contribution < 1.29 is 19.5 Å². The van der Waals surface area contributed by atoms with Gasteiger partial charge in [0.2, 0.25) is 0 Å². The van der Waals surface area contributed by atoms with Crippen LogP contribution in [-0.4, -0.2) is 22.6 Å². The molecule has 3 rings (SSSR count). The number of ketones is 2. The van der Waals surface area contributed by atoms with Crippen molar-refractivity contribution in [2.45, 2.75) is 19.8 Å². The van der Waals surface area contributed by atoms with Gasteiger partial charge in [-0.1, -0.05) is 12.1 Å². The van der Waals surface area contributed by atoms with Crippen molar-refractivity contribution in [3.8, 4) is 0 Å². The van der Waals surface area contributed by atoms with E-state index in [1.165, 1.54) is 13.0 Å². The number of aromatic carboxylic acids is 1. The van der Waals surface area contributed by atoms with Gasteiger partial charge in [0.05, 0.1) is 5.56 Å². The van der Waals surface area contributed by atoms with Crippen LogP contribution in [-0.2, 0) is 12.8 Å². The highest BCUT2D eigenvalue weighted by Gasteiger charge is 2.22. The fraction of sp³-hybridized carbons (Fsp3) is 0.167. The van der Waals surface area contributed by atoms with Crippen molar-refractivity contribution in [3.05, 3.63) is 69.8 Å². The predicted molar refractivity (Wildman–Crippen MR) is 80.7 cm³/mol. The van der Waals surface area contributed by atoms with Crippen LogP contribution in [0.4, 0.5) is 0 Å². The number of aryl methyl sites for hydroxylation is 2. The Hall–Kier alpha value is -2.75. The summed E-state index contributed by atoms with van der Waals surface area (Å²) in [5, 5.41) is 9.07. The Bertz CT molecular complexity index is 818. The van der Waals surface area contributed by atoms with Crippen molar-refractivity contribution in [2.75, 3.05) is 0 Å². The van der Waals surface area contributed by atoms with Crippen molar-refractivity contribution in [2.24, 2.45) is 0 Å². The molecular formula is C18H14O4. The third-order valence-corrected chi connectivity index (χ3v) is 4.02. The number of hydrogen-bond donors (Lipinski definition) is 1. The van der Waals surface area contributed by atoms with E-state index in [-0.39, 0.29) is 17.1 Å². The van der Waals surface area contributed by atoms with E-state index in [4.69, 9.17) is 5.11 Å². The molecule has 0 aromatic heterocycles. The van der Waals surface area contributed by atoms with Gasteiger partial charge < -0.3 is 5.11 Å². The van der Waals surface area contributed by atoms with Gasteiger partial charge in [-0.3, -0.25) is 9.59 Å². The molecular weight excluding hydrogens is 280 g/mol. The Morgan fingerprint density at radius 1 is 0.909 bits per heavy atom.